The summed E-state index contributed by atoms with van der Waals surface area (Å²) in [6.07, 6.45) is 4.40. The second kappa shape index (κ2) is 2.72. The van der Waals surface area contributed by atoms with Crippen LogP contribution in [0.3, 0.4) is 0 Å². The molecule has 1 rings (SSSR count). The van der Waals surface area contributed by atoms with Crippen LogP contribution in [0.15, 0.2) is 0 Å². The van der Waals surface area contributed by atoms with E-state index in [-0.39, 0.29) is 0 Å². The Labute approximate surface area is 58.7 Å². The van der Waals surface area contributed by atoms with E-state index in [1.807, 2.05) is 0 Å². The fourth-order valence-corrected chi connectivity index (χ4v) is 1.98. The normalized spacial score (nSPS) is 34.7. The largest absolute Gasteiger partial charge is 0.0651 e. The molecule has 0 aliphatic heterocycles. The molecule has 1 aliphatic carbocycles. The first kappa shape index (κ1) is 7.11. The molecule has 0 bridgehead atoms. The maximum Gasteiger partial charge on any atom is -0.0363 e. The minimum absolute atomic E-state index is 0.934. The smallest absolute Gasteiger partial charge is 0.0363 e. The second-order valence-corrected chi connectivity index (χ2v) is 3.65. The van der Waals surface area contributed by atoms with Gasteiger partial charge in [0, 0.05) is 0 Å². The third-order valence-corrected chi connectivity index (χ3v) is 2.86. The SMILES string of the molecule is CC[C@@H]1CC[C@H]1C(C)C. The highest BCUT2D eigenvalue weighted by molar-refractivity contribution is 4.81. The molecule has 0 aromatic heterocycles. The van der Waals surface area contributed by atoms with Crippen molar-refractivity contribution in [2.24, 2.45) is 17.8 Å². The van der Waals surface area contributed by atoms with Gasteiger partial charge in [0.05, 0.1) is 0 Å². The quantitative estimate of drug-likeness (QED) is 0.533. The van der Waals surface area contributed by atoms with Crippen molar-refractivity contribution < 1.29 is 0 Å². The summed E-state index contributed by atoms with van der Waals surface area (Å²) in [5.41, 5.74) is 0. The fraction of sp³-hybridized carbons (Fsp3) is 1.00. The highest BCUT2D eigenvalue weighted by Gasteiger charge is 2.30. The molecule has 0 spiro atoms. The molecular formula is C9H18. The molecule has 1 aliphatic rings. The Bertz CT molecular complexity index is 82.0. The van der Waals surface area contributed by atoms with Crippen LogP contribution in [0.1, 0.15) is 40.0 Å². The van der Waals surface area contributed by atoms with Crippen LogP contribution in [-0.4, -0.2) is 0 Å². The van der Waals surface area contributed by atoms with Crippen LogP contribution in [-0.2, 0) is 0 Å². The number of hydrogen-bond acceptors (Lipinski definition) is 0. The molecule has 0 heteroatoms. The van der Waals surface area contributed by atoms with Crippen LogP contribution in [0, 0.1) is 17.8 Å². The first-order valence-corrected chi connectivity index (χ1v) is 4.25. The zero-order valence-corrected chi connectivity index (χ0v) is 6.85. The van der Waals surface area contributed by atoms with Crippen LogP contribution in [0.2, 0.25) is 0 Å². The molecule has 0 unspecified atom stereocenters. The maximum absolute atomic E-state index is 2.35. The van der Waals surface area contributed by atoms with Crippen molar-refractivity contribution in [1.82, 2.24) is 0 Å². The first-order chi connectivity index (χ1) is 4.25. The van der Waals surface area contributed by atoms with Gasteiger partial charge >= 0.3 is 0 Å². The lowest BCUT2D eigenvalue weighted by molar-refractivity contribution is 0.118. The van der Waals surface area contributed by atoms with Gasteiger partial charge in [-0.25, -0.2) is 0 Å². The lowest BCUT2D eigenvalue weighted by Gasteiger charge is -2.39. The molecule has 1 fully saturated rings. The van der Waals surface area contributed by atoms with Crippen molar-refractivity contribution >= 4 is 0 Å². The van der Waals surface area contributed by atoms with Gasteiger partial charge in [-0.1, -0.05) is 27.2 Å². The van der Waals surface area contributed by atoms with Gasteiger partial charge in [0.25, 0.3) is 0 Å². The molecule has 1 saturated carbocycles. The predicted molar refractivity (Wildman–Crippen MR) is 41.3 cm³/mol. The average molecular weight is 126 g/mol. The van der Waals surface area contributed by atoms with E-state index in [0.717, 1.165) is 17.8 Å². The lowest BCUT2D eigenvalue weighted by Crippen LogP contribution is -2.29. The van der Waals surface area contributed by atoms with Gasteiger partial charge < -0.3 is 0 Å². The van der Waals surface area contributed by atoms with Crippen LogP contribution in [0.25, 0.3) is 0 Å². The van der Waals surface area contributed by atoms with Gasteiger partial charge in [0.2, 0.25) is 0 Å². The molecule has 9 heavy (non-hydrogen) atoms. The lowest BCUT2D eigenvalue weighted by atomic mass is 9.67. The van der Waals surface area contributed by atoms with Gasteiger partial charge in [0.1, 0.15) is 0 Å². The summed E-state index contributed by atoms with van der Waals surface area (Å²) >= 11 is 0. The van der Waals surface area contributed by atoms with Crippen LogP contribution in [0.4, 0.5) is 0 Å². The van der Waals surface area contributed by atoms with Gasteiger partial charge in [0.15, 0.2) is 0 Å². The Morgan fingerprint density at radius 1 is 1.33 bits per heavy atom. The Kier molecular flexibility index (Phi) is 2.15. The molecule has 0 radical (unpaired) electrons. The van der Waals surface area contributed by atoms with E-state index in [9.17, 15) is 0 Å². The summed E-state index contributed by atoms with van der Waals surface area (Å²) in [4.78, 5) is 0. The van der Waals surface area contributed by atoms with E-state index < -0.39 is 0 Å². The average Bonchev–Trinajstić information content (AvgIpc) is 1.61. The molecule has 0 heterocycles. The zero-order chi connectivity index (χ0) is 6.85. The van der Waals surface area contributed by atoms with Crippen LogP contribution in [0.5, 0.6) is 0 Å². The van der Waals surface area contributed by atoms with Gasteiger partial charge in [-0.05, 0) is 30.6 Å². The van der Waals surface area contributed by atoms with Crippen molar-refractivity contribution in [3.05, 3.63) is 0 Å². The Balaban J connectivity index is 2.27. The molecule has 54 valence electrons. The third kappa shape index (κ3) is 1.28. The van der Waals surface area contributed by atoms with Gasteiger partial charge in [-0.2, -0.15) is 0 Å². The van der Waals surface area contributed by atoms with Crippen molar-refractivity contribution in [3.63, 3.8) is 0 Å². The number of rotatable bonds is 2. The van der Waals surface area contributed by atoms with E-state index >= 15 is 0 Å². The number of hydrogen-bond donors (Lipinski definition) is 0. The molecule has 0 aromatic rings. The van der Waals surface area contributed by atoms with Crippen molar-refractivity contribution in [2.75, 3.05) is 0 Å². The van der Waals surface area contributed by atoms with Crippen molar-refractivity contribution in [2.45, 2.75) is 40.0 Å². The summed E-state index contributed by atoms with van der Waals surface area (Å²) in [6, 6.07) is 0. The highest BCUT2D eigenvalue weighted by atomic mass is 14.4. The topological polar surface area (TPSA) is 0 Å². The Morgan fingerprint density at radius 2 is 2.00 bits per heavy atom. The molecule has 0 amide bonds. The molecule has 0 N–H and O–H groups in total. The first-order valence-electron chi connectivity index (χ1n) is 4.25. The molecular weight excluding hydrogens is 108 g/mol. The predicted octanol–water partition coefficient (Wildman–Crippen LogP) is 3.08. The summed E-state index contributed by atoms with van der Waals surface area (Å²) in [7, 11) is 0. The zero-order valence-electron chi connectivity index (χ0n) is 6.85. The van der Waals surface area contributed by atoms with E-state index in [4.69, 9.17) is 0 Å². The minimum atomic E-state index is 0.934. The van der Waals surface area contributed by atoms with Gasteiger partial charge in [-0.15, -0.1) is 0 Å². The molecule has 0 aromatic carbocycles. The third-order valence-electron chi connectivity index (χ3n) is 2.86. The minimum Gasteiger partial charge on any atom is -0.0651 e. The molecule has 0 nitrogen and oxygen atoms in total. The summed E-state index contributed by atoms with van der Waals surface area (Å²) in [6.45, 7) is 7.03. The van der Waals surface area contributed by atoms with Crippen molar-refractivity contribution in [1.29, 1.82) is 0 Å². The molecule has 0 saturated heterocycles. The van der Waals surface area contributed by atoms with E-state index in [0.29, 0.717) is 0 Å². The second-order valence-electron chi connectivity index (χ2n) is 3.65. The Hall–Kier alpha value is 0. The fourth-order valence-electron chi connectivity index (χ4n) is 1.98. The maximum atomic E-state index is 2.35. The van der Waals surface area contributed by atoms with Gasteiger partial charge in [-0.3, -0.25) is 0 Å². The highest BCUT2D eigenvalue weighted by Crippen LogP contribution is 2.41. The van der Waals surface area contributed by atoms with Crippen LogP contribution >= 0.6 is 0 Å². The summed E-state index contributed by atoms with van der Waals surface area (Å²) in [5.74, 6) is 3.07. The molecule has 2 atom stereocenters. The Morgan fingerprint density at radius 3 is 2.11 bits per heavy atom. The van der Waals surface area contributed by atoms with E-state index in [1.165, 1.54) is 19.3 Å². The standard InChI is InChI=1S/C9H18/c1-4-8-5-6-9(8)7(2)3/h7-9H,4-6H2,1-3H3/t8-,9+/m1/s1. The summed E-state index contributed by atoms with van der Waals surface area (Å²) in [5, 5.41) is 0. The van der Waals surface area contributed by atoms with E-state index in [1.54, 1.807) is 0 Å². The van der Waals surface area contributed by atoms with Crippen LogP contribution < -0.4 is 0 Å². The monoisotopic (exact) mass is 126 g/mol. The summed E-state index contributed by atoms with van der Waals surface area (Å²) < 4.78 is 0. The van der Waals surface area contributed by atoms with E-state index in [2.05, 4.69) is 20.8 Å². The van der Waals surface area contributed by atoms with Crippen molar-refractivity contribution in [3.8, 4) is 0 Å².